The predicted octanol–water partition coefficient (Wildman–Crippen LogP) is 0.855. The van der Waals surface area contributed by atoms with Crippen LogP contribution in [0.15, 0.2) is 47.0 Å². The second-order valence-electron chi connectivity index (χ2n) is 3.28. The number of rotatable bonds is 3. The number of aromatic hydroxyl groups is 1. The van der Waals surface area contributed by atoms with Crippen molar-refractivity contribution in [2.24, 2.45) is 15.9 Å². The van der Waals surface area contributed by atoms with Crippen LogP contribution in [0.25, 0.3) is 0 Å². The molecular weight excluding hydrogens is 218 g/mol. The monoisotopic (exact) mass is 229 g/mol. The number of imidazole rings is 1. The highest BCUT2D eigenvalue weighted by Gasteiger charge is 1.97. The van der Waals surface area contributed by atoms with Crippen molar-refractivity contribution in [2.75, 3.05) is 0 Å². The number of nitrogens with zero attached hydrogens (tertiary/aromatic N) is 3. The van der Waals surface area contributed by atoms with Gasteiger partial charge in [0.1, 0.15) is 5.75 Å². The largest absolute Gasteiger partial charge is 0.508 e. The van der Waals surface area contributed by atoms with Crippen molar-refractivity contribution in [1.82, 2.24) is 9.97 Å². The topological polar surface area (TPSA) is 99.6 Å². The Labute approximate surface area is 97.5 Å². The summed E-state index contributed by atoms with van der Waals surface area (Å²) in [7, 11) is 0. The molecule has 0 radical (unpaired) electrons. The maximum absolute atomic E-state index is 9.12. The van der Waals surface area contributed by atoms with Crippen molar-refractivity contribution in [3.05, 3.63) is 48.0 Å². The first-order valence-electron chi connectivity index (χ1n) is 4.90. The van der Waals surface area contributed by atoms with E-state index in [1.54, 1.807) is 24.7 Å². The van der Waals surface area contributed by atoms with Crippen molar-refractivity contribution in [2.45, 2.75) is 0 Å². The molecule has 1 heterocycles. The van der Waals surface area contributed by atoms with E-state index in [1.165, 1.54) is 18.3 Å². The molecule has 0 fully saturated rings. The zero-order chi connectivity index (χ0) is 12.1. The van der Waals surface area contributed by atoms with E-state index in [1.807, 2.05) is 0 Å². The summed E-state index contributed by atoms with van der Waals surface area (Å²) in [5.41, 5.74) is 7.15. The van der Waals surface area contributed by atoms with Crippen molar-refractivity contribution < 1.29 is 5.11 Å². The molecule has 0 spiro atoms. The molecule has 0 saturated heterocycles. The fraction of sp³-hybridized carbons (Fsp3) is 0. The van der Waals surface area contributed by atoms with E-state index in [0.717, 1.165) is 5.69 Å². The number of benzene rings is 1. The minimum Gasteiger partial charge on any atom is -0.508 e. The lowest BCUT2D eigenvalue weighted by Gasteiger charge is -1.97. The quantitative estimate of drug-likeness (QED) is 0.413. The molecule has 0 saturated carbocycles. The number of phenolic OH excluding ortho intramolecular Hbond substituents is 1. The third-order valence-electron chi connectivity index (χ3n) is 2.04. The van der Waals surface area contributed by atoms with Gasteiger partial charge in [-0.15, -0.1) is 5.10 Å². The fourth-order valence-corrected chi connectivity index (χ4v) is 1.18. The Morgan fingerprint density at radius 1 is 1.35 bits per heavy atom. The summed E-state index contributed by atoms with van der Waals surface area (Å²) >= 11 is 0. The lowest BCUT2D eigenvalue weighted by molar-refractivity contribution is 0.475. The molecule has 0 bridgehead atoms. The first-order valence-corrected chi connectivity index (χ1v) is 4.90. The SMILES string of the molecule is N/C(=N\N=C\c1cnc[nH]1)c1ccc(O)cc1. The molecule has 1 aromatic carbocycles. The standard InChI is InChI=1S/C11H11N5O/c12-11(8-1-3-10(17)4-2-8)16-15-6-9-5-13-7-14-9/h1-7,17H,(H2,12,16)(H,13,14)/b15-6+. The second-order valence-corrected chi connectivity index (χ2v) is 3.28. The van der Waals surface area contributed by atoms with Gasteiger partial charge in [-0.3, -0.25) is 0 Å². The molecule has 17 heavy (non-hydrogen) atoms. The summed E-state index contributed by atoms with van der Waals surface area (Å²) in [6.07, 6.45) is 4.68. The number of nitrogens with one attached hydrogen (secondary N) is 1. The molecule has 1 aromatic heterocycles. The molecule has 0 aliphatic heterocycles. The van der Waals surface area contributed by atoms with Crippen LogP contribution in [-0.4, -0.2) is 27.1 Å². The normalized spacial score (nSPS) is 12.1. The Morgan fingerprint density at radius 3 is 2.76 bits per heavy atom. The van der Waals surface area contributed by atoms with Gasteiger partial charge in [0.15, 0.2) is 5.84 Å². The lowest BCUT2D eigenvalue weighted by atomic mass is 10.2. The smallest absolute Gasteiger partial charge is 0.153 e. The molecule has 0 amide bonds. The van der Waals surface area contributed by atoms with E-state index in [4.69, 9.17) is 10.8 Å². The van der Waals surface area contributed by atoms with Crippen LogP contribution in [0.1, 0.15) is 11.3 Å². The van der Waals surface area contributed by atoms with E-state index in [-0.39, 0.29) is 11.6 Å². The Morgan fingerprint density at radius 2 is 2.12 bits per heavy atom. The lowest BCUT2D eigenvalue weighted by Crippen LogP contribution is -2.12. The van der Waals surface area contributed by atoms with Gasteiger partial charge < -0.3 is 15.8 Å². The van der Waals surface area contributed by atoms with Crippen LogP contribution in [0.2, 0.25) is 0 Å². The molecule has 0 aliphatic carbocycles. The van der Waals surface area contributed by atoms with Crippen LogP contribution < -0.4 is 5.73 Å². The van der Waals surface area contributed by atoms with Gasteiger partial charge in [-0.1, -0.05) is 0 Å². The number of aromatic amines is 1. The first-order chi connectivity index (χ1) is 8.25. The fourth-order valence-electron chi connectivity index (χ4n) is 1.18. The summed E-state index contributed by atoms with van der Waals surface area (Å²) in [6.45, 7) is 0. The van der Waals surface area contributed by atoms with Crippen molar-refractivity contribution in [1.29, 1.82) is 0 Å². The second kappa shape index (κ2) is 4.93. The Kier molecular flexibility index (Phi) is 3.15. The third kappa shape index (κ3) is 2.91. The van der Waals surface area contributed by atoms with E-state index in [0.29, 0.717) is 5.56 Å². The van der Waals surface area contributed by atoms with Crippen LogP contribution in [0.5, 0.6) is 5.75 Å². The molecule has 0 unspecified atom stereocenters. The highest BCUT2D eigenvalue weighted by molar-refractivity contribution is 5.97. The van der Waals surface area contributed by atoms with E-state index in [9.17, 15) is 0 Å². The van der Waals surface area contributed by atoms with Crippen LogP contribution in [0.4, 0.5) is 0 Å². The number of H-pyrrole nitrogens is 1. The molecular formula is C11H11N5O. The number of amidine groups is 1. The molecule has 2 rings (SSSR count). The summed E-state index contributed by atoms with van der Waals surface area (Å²) < 4.78 is 0. The Bertz CT molecular complexity index is 527. The van der Waals surface area contributed by atoms with Gasteiger partial charge in [-0.2, -0.15) is 5.10 Å². The molecule has 2 aromatic rings. The minimum atomic E-state index is 0.183. The van der Waals surface area contributed by atoms with Gasteiger partial charge in [0.25, 0.3) is 0 Å². The summed E-state index contributed by atoms with van der Waals surface area (Å²) in [5, 5.41) is 16.8. The van der Waals surface area contributed by atoms with Crippen molar-refractivity contribution in [3.8, 4) is 5.75 Å². The maximum Gasteiger partial charge on any atom is 0.153 e. The first kappa shape index (κ1) is 10.9. The zero-order valence-corrected chi connectivity index (χ0v) is 8.91. The number of hydrogen-bond acceptors (Lipinski definition) is 4. The molecule has 86 valence electrons. The van der Waals surface area contributed by atoms with Gasteiger partial charge >= 0.3 is 0 Å². The number of aromatic nitrogens is 2. The number of hydrogen-bond donors (Lipinski definition) is 3. The van der Waals surface area contributed by atoms with Gasteiger partial charge in [-0.25, -0.2) is 4.98 Å². The zero-order valence-electron chi connectivity index (χ0n) is 8.91. The summed E-state index contributed by atoms with van der Waals surface area (Å²) in [4.78, 5) is 6.69. The van der Waals surface area contributed by atoms with Crippen LogP contribution >= 0.6 is 0 Å². The van der Waals surface area contributed by atoms with E-state index >= 15 is 0 Å². The van der Waals surface area contributed by atoms with Crippen LogP contribution in [0.3, 0.4) is 0 Å². The average Bonchev–Trinajstić information content (AvgIpc) is 2.83. The van der Waals surface area contributed by atoms with Gasteiger partial charge in [0.2, 0.25) is 0 Å². The summed E-state index contributed by atoms with van der Waals surface area (Å²) in [6, 6.07) is 6.41. The van der Waals surface area contributed by atoms with Crippen LogP contribution in [-0.2, 0) is 0 Å². The molecule has 6 nitrogen and oxygen atoms in total. The Hall–Kier alpha value is -2.63. The van der Waals surface area contributed by atoms with Crippen LogP contribution in [0, 0.1) is 0 Å². The molecule has 0 aliphatic rings. The minimum absolute atomic E-state index is 0.183. The molecule has 4 N–H and O–H groups in total. The highest BCUT2D eigenvalue weighted by atomic mass is 16.3. The highest BCUT2D eigenvalue weighted by Crippen LogP contribution is 2.09. The van der Waals surface area contributed by atoms with Crippen molar-refractivity contribution >= 4 is 12.1 Å². The Balaban J connectivity index is 2.09. The van der Waals surface area contributed by atoms with E-state index in [2.05, 4.69) is 20.2 Å². The van der Waals surface area contributed by atoms with Gasteiger partial charge in [0, 0.05) is 5.56 Å². The molecule has 6 heteroatoms. The predicted molar refractivity (Wildman–Crippen MR) is 65.0 cm³/mol. The van der Waals surface area contributed by atoms with Gasteiger partial charge in [-0.05, 0) is 24.3 Å². The summed E-state index contributed by atoms with van der Waals surface area (Å²) in [5.74, 6) is 0.461. The number of nitrogens with two attached hydrogens (primary N) is 1. The maximum atomic E-state index is 9.12. The number of phenols is 1. The third-order valence-corrected chi connectivity index (χ3v) is 2.04. The average molecular weight is 229 g/mol. The van der Waals surface area contributed by atoms with Crippen molar-refractivity contribution in [3.63, 3.8) is 0 Å². The van der Waals surface area contributed by atoms with Gasteiger partial charge in [0.05, 0.1) is 24.4 Å². The van der Waals surface area contributed by atoms with E-state index < -0.39 is 0 Å². The molecule has 0 atom stereocenters.